The molecule has 1 rings (SSSR count). The standard InChI is InChI=1S/C16H27NO/c1-10(2)15(18)9-17-14(6)16-12(4)7-11(3)8-13(16)5/h7-8,10,14-15,17-18H,9H2,1-6H3. The van der Waals surface area contributed by atoms with Crippen molar-refractivity contribution in [1.82, 2.24) is 5.32 Å². The Morgan fingerprint density at radius 2 is 1.56 bits per heavy atom. The lowest BCUT2D eigenvalue weighted by Crippen LogP contribution is -2.32. The summed E-state index contributed by atoms with van der Waals surface area (Å²) in [5, 5.41) is 13.3. The van der Waals surface area contributed by atoms with Crippen LogP contribution in [0.4, 0.5) is 0 Å². The van der Waals surface area contributed by atoms with Crippen LogP contribution in [0.25, 0.3) is 0 Å². The van der Waals surface area contributed by atoms with Crippen LogP contribution in [0.3, 0.4) is 0 Å². The Kier molecular flexibility index (Phi) is 5.36. The fourth-order valence-corrected chi connectivity index (χ4v) is 2.51. The van der Waals surface area contributed by atoms with Crippen LogP contribution in [-0.2, 0) is 0 Å². The Labute approximate surface area is 111 Å². The van der Waals surface area contributed by atoms with Crippen molar-refractivity contribution in [3.63, 3.8) is 0 Å². The Hall–Kier alpha value is -0.860. The molecule has 0 saturated carbocycles. The van der Waals surface area contributed by atoms with Gasteiger partial charge in [-0.1, -0.05) is 31.5 Å². The minimum Gasteiger partial charge on any atom is -0.392 e. The minimum atomic E-state index is -0.279. The molecule has 2 nitrogen and oxygen atoms in total. The van der Waals surface area contributed by atoms with E-state index in [1.54, 1.807) is 0 Å². The van der Waals surface area contributed by atoms with Crippen LogP contribution < -0.4 is 5.32 Å². The third-order valence-electron chi connectivity index (χ3n) is 3.57. The molecule has 0 radical (unpaired) electrons. The third-order valence-corrected chi connectivity index (χ3v) is 3.57. The maximum absolute atomic E-state index is 9.84. The highest BCUT2D eigenvalue weighted by Gasteiger charge is 2.14. The van der Waals surface area contributed by atoms with E-state index in [0.29, 0.717) is 12.5 Å². The first-order valence-electron chi connectivity index (χ1n) is 6.82. The molecule has 0 aromatic heterocycles. The Morgan fingerprint density at radius 1 is 1.06 bits per heavy atom. The second kappa shape index (κ2) is 6.35. The second-order valence-electron chi connectivity index (χ2n) is 5.75. The van der Waals surface area contributed by atoms with Crippen molar-refractivity contribution < 1.29 is 5.11 Å². The summed E-state index contributed by atoms with van der Waals surface area (Å²) in [7, 11) is 0. The molecule has 0 fully saturated rings. The van der Waals surface area contributed by atoms with Crippen LogP contribution in [0, 0.1) is 26.7 Å². The van der Waals surface area contributed by atoms with Crippen molar-refractivity contribution in [2.24, 2.45) is 5.92 Å². The number of hydrogen-bond donors (Lipinski definition) is 2. The van der Waals surface area contributed by atoms with Gasteiger partial charge in [0.25, 0.3) is 0 Å². The van der Waals surface area contributed by atoms with Gasteiger partial charge in [0.2, 0.25) is 0 Å². The van der Waals surface area contributed by atoms with Crippen molar-refractivity contribution in [1.29, 1.82) is 0 Å². The number of nitrogens with one attached hydrogen (secondary N) is 1. The van der Waals surface area contributed by atoms with Crippen LogP contribution in [0.15, 0.2) is 12.1 Å². The molecule has 102 valence electrons. The average Bonchev–Trinajstić information content (AvgIpc) is 2.24. The first-order valence-corrected chi connectivity index (χ1v) is 6.82. The van der Waals surface area contributed by atoms with E-state index in [9.17, 15) is 5.11 Å². The van der Waals surface area contributed by atoms with Gasteiger partial charge in [0.1, 0.15) is 0 Å². The zero-order valence-corrected chi connectivity index (χ0v) is 12.5. The lowest BCUT2D eigenvalue weighted by atomic mass is 9.94. The summed E-state index contributed by atoms with van der Waals surface area (Å²) < 4.78 is 0. The molecule has 0 aliphatic heterocycles. The second-order valence-corrected chi connectivity index (χ2v) is 5.75. The molecular formula is C16H27NO. The van der Waals surface area contributed by atoms with E-state index < -0.39 is 0 Å². The van der Waals surface area contributed by atoms with Gasteiger partial charge >= 0.3 is 0 Å². The molecule has 1 aromatic rings. The summed E-state index contributed by atoms with van der Waals surface area (Å²) in [5.74, 6) is 0.296. The zero-order valence-electron chi connectivity index (χ0n) is 12.5. The maximum atomic E-state index is 9.84. The summed E-state index contributed by atoms with van der Waals surface area (Å²) in [6.45, 7) is 13.3. The topological polar surface area (TPSA) is 32.3 Å². The number of aryl methyl sites for hydroxylation is 3. The van der Waals surface area contributed by atoms with Crippen molar-refractivity contribution in [2.45, 2.75) is 53.7 Å². The number of aliphatic hydroxyl groups is 1. The number of aliphatic hydroxyl groups excluding tert-OH is 1. The van der Waals surface area contributed by atoms with E-state index in [4.69, 9.17) is 0 Å². The molecule has 1 aromatic carbocycles. The lowest BCUT2D eigenvalue weighted by Gasteiger charge is -2.22. The molecule has 2 N–H and O–H groups in total. The quantitative estimate of drug-likeness (QED) is 0.839. The number of benzene rings is 1. The van der Waals surface area contributed by atoms with E-state index in [0.717, 1.165) is 0 Å². The van der Waals surface area contributed by atoms with E-state index in [1.807, 2.05) is 13.8 Å². The molecule has 0 bridgehead atoms. The summed E-state index contributed by atoms with van der Waals surface area (Å²) in [6.07, 6.45) is -0.279. The van der Waals surface area contributed by atoms with Gasteiger partial charge in [0.05, 0.1) is 6.10 Å². The molecule has 0 amide bonds. The van der Waals surface area contributed by atoms with Gasteiger partial charge in [-0.15, -0.1) is 0 Å². The predicted octanol–water partition coefficient (Wildman–Crippen LogP) is 3.28. The van der Waals surface area contributed by atoms with Gasteiger partial charge in [-0.05, 0) is 50.3 Å². The summed E-state index contributed by atoms with van der Waals surface area (Å²) in [5.41, 5.74) is 5.32. The fourth-order valence-electron chi connectivity index (χ4n) is 2.51. The first kappa shape index (κ1) is 15.2. The molecule has 0 aliphatic carbocycles. The highest BCUT2D eigenvalue weighted by molar-refractivity contribution is 5.39. The SMILES string of the molecule is Cc1cc(C)c(C(C)NCC(O)C(C)C)c(C)c1. The van der Waals surface area contributed by atoms with Gasteiger partial charge in [-0.3, -0.25) is 0 Å². The first-order chi connectivity index (χ1) is 8.32. The van der Waals surface area contributed by atoms with Crippen molar-refractivity contribution >= 4 is 0 Å². The molecule has 0 heterocycles. The van der Waals surface area contributed by atoms with Gasteiger partial charge < -0.3 is 10.4 Å². The van der Waals surface area contributed by atoms with Gasteiger partial charge in [0, 0.05) is 12.6 Å². The van der Waals surface area contributed by atoms with Crippen LogP contribution in [0.5, 0.6) is 0 Å². The minimum absolute atomic E-state index is 0.277. The Balaban J connectivity index is 2.76. The van der Waals surface area contributed by atoms with Gasteiger partial charge in [-0.2, -0.15) is 0 Å². The van der Waals surface area contributed by atoms with Gasteiger partial charge in [-0.25, -0.2) is 0 Å². The van der Waals surface area contributed by atoms with Crippen LogP contribution in [-0.4, -0.2) is 17.8 Å². The zero-order chi connectivity index (χ0) is 13.9. The molecule has 2 unspecified atom stereocenters. The smallest absolute Gasteiger partial charge is 0.0687 e. The van der Waals surface area contributed by atoms with Crippen molar-refractivity contribution in [3.05, 3.63) is 34.4 Å². The molecule has 2 atom stereocenters. The molecule has 2 heteroatoms. The summed E-state index contributed by atoms with van der Waals surface area (Å²) >= 11 is 0. The highest BCUT2D eigenvalue weighted by atomic mass is 16.3. The summed E-state index contributed by atoms with van der Waals surface area (Å²) in [6, 6.07) is 4.72. The predicted molar refractivity (Wildman–Crippen MR) is 77.9 cm³/mol. The largest absolute Gasteiger partial charge is 0.392 e. The third kappa shape index (κ3) is 3.82. The fraction of sp³-hybridized carbons (Fsp3) is 0.625. The normalized spacial score (nSPS) is 14.9. The molecule has 18 heavy (non-hydrogen) atoms. The maximum Gasteiger partial charge on any atom is 0.0687 e. The van der Waals surface area contributed by atoms with Crippen molar-refractivity contribution in [3.8, 4) is 0 Å². The van der Waals surface area contributed by atoms with Crippen molar-refractivity contribution in [2.75, 3.05) is 6.54 Å². The van der Waals surface area contributed by atoms with E-state index in [2.05, 4.69) is 45.1 Å². The molecular weight excluding hydrogens is 222 g/mol. The van der Waals surface area contributed by atoms with Gasteiger partial charge in [0.15, 0.2) is 0 Å². The van der Waals surface area contributed by atoms with Crippen LogP contribution >= 0.6 is 0 Å². The van der Waals surface area contributed by atoms with Crippen LogP contribution in [0.2, 0.25) is 0 Å². The molecule has 0 saturated heterocycles. The summed E-state index contributed by atoms with van der Waals surface area (Å²) in [4.78, 5) is 0. The highest BCUT2D eigenvalue weighted by Crippen LogP contribution is 2.23. The molecule has 0 aliphatic rings. The molecule has 0 spiro atoms. The van der Waals surface area contributed by atoms with E-state index in [1.165, 1.54) is 22.3 Å². The average molecular weight is 249 g/mol. The van der Waals surface area contributed by atoms with E-state index >= 15 is 0 Å². The Bertz CT molecular complexity index is 375. The Morgan fingerprint density at radius 3 is 2.00 bits per heavy atom. The number of rotatable bonds is 5. The van der Waals surface area contributed by atoms with E-state index in [-0.39, 0.29) is 12.1 Å². The number of hydrogen-bond acceptors (Lipinski definition) is 2. The monoisotopic (exact) mass is 249 g/mol. The van der Waals surface area contributed by atoms with Crippen LogP contribution in [0.1, 0.15) is 49.1 Å². The lowest BCUT2D eigenvalue weighted by molar-refractivity contribution is 0.120.